The van der Waals surface area contributed by atoms with Gasteiger partial charge in [0, 0.05) is 35.6 Å². The first-order chi connectivity index (χ1) is 17.5. The van der Waals surface area contributed by atoms with Crippen molar-refractivity contribution in [1.82, 2.24) is 15.0 Å². The van der Waals surface area contributed by atoms with Gasteiger partial charge in [-0.1, -0.05) is 0 Å². The fourth-order valence-corrected chi connectivity index (χ4v) is 5.91. The number of aromatic nitrogens is 1. The summed E-state index contributed by atoms with van der Waals surface area (Å²) < 4.78 is 27.2. The Morgan fingerprint density at radius 1 is 1.03 bits per heavy atom. The average Bonchev–Trinajstić information content (AvgIpc) is 3.34. The summed E-state index contributed by atoms with van der Waals surface area (Å²) in [7, 11) is -4.01. The number of hydrogen-bond acceptors (Lipinski definition) is 10. The van der Waals surface area contributed by atoms with E-state index in [0.717, 1.165) is 35.1 Å². The molecule has 0 spiro atoms. The minimum absolute atomic E-state index is 0.00480. The Morgan fingerprint density at radius 3 is 2.43 bits per heavy atom. The van der Waals surface area contributed by atoms with Crippen molar-refractivity contribution in [3.05, 3.63) is 70.2 Å². The Morgan fingerprint density at radius 2 is 1.76 bits per heavy atom. The molecule has 0 bridgehead atoms. The minimum Gasteiger partial charge on any atom is -0.504 e. The summed E-state index contributed by atoms with van der Waals surface area (Å²) in [4.78, 5) is 40.9. The fraction of sp³-hybridized carbons (Fsp3) is 0.217. The zero-order valence-electron chi connectivity index (χ0n) is 19.2. The van der Waals surface area contributed by atoms with Crippen LogP contribution in [0, 0.1) is 0 Å². The van der Waals surface area contributed by atoms with Crippen molar-refractivity contribution in [3.8, 4) is 11.5 Å². The number of nitrogens with one attached hydrogen (secondary N) is 2. The first kappa shape index (κ1) is 28.1. The Labute approximate surface area is 220 Å². The molecule has 2 aromatic heterocycles. The third-order valence-corrected chi connectivity index (χ3v) is 8.42. The van der Waals surface area contributed by atoms with E-state index in [9.17, 15) is 38.1 Å². The molecule has 0 aliphatic rings. The molecular weight excluding hydrogens is 542 g/mol. The highest BCUT2D eigenvalue weighted by molar-refractivity contribution is 7.99. The van der Waals surface area contributed by atoms with Crippen LogP contribution in [0.5, 0.6) is 11.5 Å². The second kappa shape index (κ2) is 12.7. The van der Waals surface area contributed by atoms with Gasteiger partial charge < -0.3 is 20.6 Å². The summed E-state index contributed by atoms with van der Waals surface area (Å²) in [5.74, 6) is -2.84. The van der Waals surface area contributed by atoms with E-state index in [0.29, 0.717) is 10.6 Å². The Balaban J connectivity index is 1.58. The maximum absolute atomic E-state index is 12.7. The molecular formula is C23H23N3O8S3. The number of Topliss-reactive ketones (excluding diaryl/α,β-unsaturated/α-hetero) is 1. The first-order valence-electron chi connectivity index (χ1n) is 10.7. The highest BCUT2D eigenvalue weighted by Gasteiger charge is 2.25. The number of sulfonamides is 1. The summed E-state index contributed by atoms with van der Waals surface area (Å²) in [6, 6.07) is 8.42. The molecule has 1 amide bonds. The molecule has 3 rings (SSSR count). The predicted octanol–water partition coefficient (Wildman–Crippen LogP) is 2.11. The lowest BCUT2D eigenvalue weighted by atomic mass is 10.1. The third-order valence-electron chi connectivity index (χ3n) is 4.91. The standard InChI is InChI=1S/C23H23N3O8S3/c27-18-3-2-16(9-19(18)28)37(33,34)25-11-15-1-4-21(36-15)23(32)26-17(10-22(30)31)20(29)13-35-12-14-5-7-24-8-6-14/h1-9,17,25,27-28H,10-13H2,(H,26,32)(H,30,31). The number of phenols is 2. The first-order valence-corrected chi connectivity index (χ1v) is 14.1. The van der Waals surface area contributed by atoms with Crippen molar-refractivity contribution in [2.24, 2.45) is 0 Å². The number of carbonyl (C=O) groups excluding carboxylic acids is 2. The fourth-order valence-electron chi connectivity index (χ4n) is 3.01. The predicted molar refractivity (Wildman–Crippen MR) is 137 cm³/mol. The normalized spacial score (nSPS) is 12.1. The van der Waals surface area contributed by atoms with Gasteiger partial charge in [-0.3, -0.25) is 19.4 Å². The van der Waals surface area contributed by atoms with Crippen molar-refractivity contribution >= 4 is 50.8 Å². The number of carboxylic acid groups (broad SMARTS) is 1. The lowest BCUT2D eigenvalue weighted by molar-refractivity contribution is -0.139. The zero-order chi connectivity index (χ0) is 27.0. The molecule has 0 aliphatic carbocycles. The van der Waals surface area contributed by atoms with Crippen LogP contribution in [0.4, 0.5) is 0 Å². The van der Waals surface area contributed by atoms with Gasteiger partial charge in [0.05, 0.1) is 28.0 Å². The molecule has 14 heteroatoms. The molecule has 196 valence electrons. The number of benzene rings is 1. The van der Waals surface area contributed by atoms with Crippen LogP contribution in [0.15, 0.2) is 59.8 Å². The summed E-state index contributed by atoms with van der Waals surface area (Å²) in [6.07, 6.45) is 2.69. The van der Waals surface area contributed by atoms with Crippen LogP contribution < -0.4 is 10.0 Å². The topological polar surface area (TPSA) is 183 Å². The van der Waals surface area contributed by atoms with Gasteiger partial charge in [0.2, 0.25) is 10.0 Å². The van der Waals surface area contributed by atoms with Crippen LogP contribution in [-0.4, -0.2) is 58.2 Å². The van der Waals surface area contributed by atoms with E-state index < -0.39 is 51.6 Å². The summed E-state index contributed by atoms with van der Waals surface area (Å²) in [5, 5.41) is 30.5. The largest absolute Gasteiger partial charge is 0.504 e. The molecule has 1 unspecified atom stereocenters. The van der Waals surface area contributed by atoms with E-state index >= 15 is 0 Å². The molecule has 2 heterocycles. The van der Waals surface area contributed by atoms with Gasteiger partial charge in [-0.15, -0.1) is 23.1 Å². The molecule has 1 atom stereocenters. The van der Waals surface area contributed by atoms with Crippen LogP contribution in [0.25, 0.3) is 0 Å². The molecule has 11 nitrogen and oxygen atoms in total. The number of phenolic OH excluding ortho intramolecular Hbond substituents is 2. The maximum Gasteiger partial charge on any atom is 0.305 e. The number of thioether (sulfide) groups is 1. The highest BCUT2D eigenvalue weighted by atomic mass is 32.2. The van der Waals surface area contributed by atoms with Gasteiger partial charge in [-0.2, -0.15) is 0 Å². The molecule has 0 saturated carbocycles. The molecule has 5 N–H and O–H groups in total. The molecule has 0 saturated heterocycles. The van der Waals surface area contributed by atoms with Crippen molar-refractivity contribution < 1.29 is 38.1 Å². The smallest absolute Gasteiger partial charge is 0.305 e. The van der Waals surface area contributed by atoms with Crippen LogP contribution >= 0.6 is 23.1 Å². The number of nitrogens with zero attached hydrogens (tertiary/aromatic N) is 1. The number of carboxylic acids is 1. The van der Waals surface area contributed by atoms with Gasteiger partial charge >= 0.3 is 5.97 Å². The molecule has 0 fully saturated rings. The second-order valence-electron chi connectivity index (χ2n) is 7.68. The van der Waals surface area contributed by atoms with E-state index in [1.165, 1.54) is 23.9 Å². The van der Waals surface area contributed by atoms with Crippen molar-refractivity contribution in [2.45, 2.75) is 29.7 Å². The zero-order valence-corrected chi connectivity index (χ0v) is 21.6. The number of pyridine rings is 1. The summed E-state index contributed by atoms with van der Waals surface area (Å²) in [5.41, 5.74) is 0.954. The number of amides is 1. The van der Waals surface area contributed by atoms with Gasteiger partial charge in [0.25, 0.3) is 5.91 Å². The SMILES string of the molecule is O=C(O)CC(NC(=O)c1ccc(CNS(=O)(=O)c2ccc(O)c(O)c2)s1)C(=O)CSCc1ccncc1. The van der Waals surface area contributed by atoms with E-state index in [-0.39, 0.29) is 22.1 Å². The lowest BCUT2D eigenvalue weighted by Crippen LogP contribution is -2.43. The Bertz CT molecular complexity index is 1380. The number of ketones is 1. The third kappa shape index (κ3) is 8.28. The Hall–Kier alpha value is -3.46. The number of aromatic hydroxyl groups is 2. The molecule has 1 aromatic carbocycles. The number of rotatable bonds is 13. The van der Waals surface area contributed by atoms with Gasteiger partial charge in [-0.05, 0) is 42.0 Å². The Kier molecular flexibility index (Phi) is 9.63. The van der Waals surface area contributed by atoms with Crippen LogP contribution in [0.3, 0.4) is 0 Å². The molecule has 0 aliphatic heterocycles. The minimum atomic E-state index is -4.01. The summed E-state index contributed by atoms with van der Waals surface area (Å²) in [6.45, 7) is -0.162. The number of aliphatic carboxylic acids is 1. The molecule has 0 radical (unpaired) electrons. The van der Waals surface area contributed by atoms with Gasteiger partial charge in [0.15, 0.2) is 17.3 Å². The van der Waals surface area contributed by atoms with Crippen LogP contribution in [-0.2, 0) is 31.9 Å². The van der Waals surface area contributed by atoms with Crippen LogP contribution in [0.1, 0.15) is 26.5 Å². The number of thiophene rings is 1. The van der Waals surface area contributed by atoms with Crippen molar-refractivity contribution in [1.29, 1.82) is 0 Å². The quantitative estimate of drug-likeness (QED) is 0.192. The summed E-state index contributed by atoms with van der Waals surface area (Å²) >= 11 is 2.26. The number of carbonyl (C=O) groups is 3. The van der Waals surface area contributed by atoms with E-state index in [1.54, 1.807) is 24.5 Å². The highest BCUT2D eigenvalue weighted by Crippen LogP contribution is 2.27. The van der Waals surface area contributed by atoms with Gasteiger partial charge in [0.1, 0.15) is 0 Å². The second-order valence-corrected chi connectivity index (χ2v) is 11.6. The van der Waals surface area contributed by atoms with E-state index in [4.69, 9.17) is 0 Å². The average molecular weight is 566 g/mol. The maximum atomic E-state index is 12.7. The van der Waals surface area contributed by atoms with Crippen LogP contribution in [0.2, 0.25) is 0 Å². The molecule has 3 aromatic rings. The van der Waals surface area contributed by atoms with E-state index in [2.05, 4.69) is 15.0 Å². The molecule has 37 heavy (non-hydrogen) atoms. The monoisotopic (exact) mass is 565 g/mol. The van der Waals surface area contributed by atoms with Gasteiger partial charge in [-0.25, -0.2) is 13.1 Å². The number of hydrogen-bond donors (Lipinski definition) is 5. The van der Waals surface area contributed by atoms with Crippen molar-refractivity contribution in [2.75, 3.05) is 5.75 Å². The van der Waals surface area contributed by atoms with E-state index in [1.807, 2.05) is 0 Å². The van der Waals surface area contributed by atoms with Crippen molar-refractivity contribution in [3.63, 3.8) is 0 Å². The lowest BCUT2D eigenvalue weighted by Gasteiger charge is -2.15.